The number of hydrogen-bond acceptors (Lipinski definition) is 5. The van der Waals surface area contributed by atoms with Gasteiger partial charge in [-0.3, -0.25) is 0 Å². The molecule has 0 saturated carbocycles. The summed E-state index contributed by atoms with van der Waals surface area (Å²) >= 11 is 0. The number of sulfonamides is 1. The summed E-state index contributed by atoms with van der Waals surface area (Å²) in [6, 6.07) is -0.904. The van der Waals surface area contributed by atoms with Crippen LogP contribution in [0.3, 0.4) is 0 Å². The third kappa shape index (κ3) is 2.99. The van der Waals surface area contributed by atoms with E-state index in [1.807, 2.05) is 0 Å². The zero-order valence-corrected chi connectivity index (χ0v) is 8.95. The fourth-order valence-corrected chi connectivity index (χ4v) is 2.14. The van der Waals surface area contributed by atoms with Crippen LogP contribution < -0.4 is 4.72 Å². The molecule has 0 amide bonds. The lowest BCUT2D eigenvalue weighted by Gasteiger charge is -2.12. The maximum absolute atomic E-state index is 11.6. The van der Waals surface area contributed by atoms with Crippen molar-refractivity contribution >= 4 is 10.0 Å². The number of aliphatic hydroxyl groups is 2. The van der Waals surface area contributed by atoms with Gasteiger partial charge in [0.25, 0.3) is 10.0 Å². The van der Waals surface area contributed by atoms with Crippen LogP contribution in [0.25, 0.3) is 0 Å². The van der Waals surface area contributed by atoms with Crippen molar-refractivity contribution in [3.05, 3.63) is 12.0 Å². The Morgan fingerprint density at radius 3 is 2.53 bits per heavy atom. The lowest BCUT2D eigenvalue weighted by Crippen LogP contribution is -2.40. The van der Waals surface area contributed by atoms with E-state index in [4.69, 9.17) is 10.2 Å². The van der Waals surface area contributed by atoms with Crippen LogP contribution in [0.4, 0.5) is 0 Å². The van der Waals surface area contributed by atoms with Gasteiger partial charge in [0.1, 0.15) is 5.82 Å². The van der Waals surface area contributed by atoms with Crippen molar-refractivity contribution in [1.82, 2.24) is 14.7 Å². The number of nitrogens with one attached hydrogen (secondary N) is 2. The molecule has 0 fully saturated rings. The highest BCUT2D eigenvalue weighted by Gasteiger charge is 2.20. The van der Waals surface area contributed by atoms with Gasteiger partial charge in [0.15, 0.2) is 5.03 Å². The summed E-state index contributed by atoms with van der Waals surface area (Å²) in [5.74, 6) is 0.472. The zero-order valence-electron chi connectivity index (χ0n) is 8.14. The lowest BCUT2D eigenvalue weighted by molar-refractivity contribution is 0.185. The van der Waals surface area contributed by atoms with E-state index in [2.05, 4.69) is 14.7 Å². The molecule has 0 unspecified atom stereocenters. The first-order valence-corrected chi connectivity index (χ1v) is 5.73. The summed E-state index contributed by atoms with van der Waals surface area (Å²) in [6.45, 7) is 0.681. The van der Waals surface area contributed by atoms with Crippen LogP contribution >= 0.6 is 0 Å². The quantitative estimate of drug-likeness (QED) is 0.488. The third-order valence-corrected chi connectivity index (χ3v) is 3.16. The molecular weight excluding hydrogens is 222 g/mol. The first kappa shape index (κ1) is 12.1. The first-order valence-electron chi connectivity index (χ1n) is 4.25. The van der Waals surface area contributed by atoms with Crippen LogP contribution in [-0.2, 0) is 10.0 Å². The van der Waals surface area contributed by atoms with Gasteiger partial charge in [-0.15, -0.1) is 0 Å². The van der Waals surface area contributed by atoms with E-state index in [-0.39, 0.29) is 5.03 Å². The minimum atomic E-state index is -3.75. The fraction of sp³-hybridized carbons (Fsp3) is 0.571. The largest absolute Gasteiger partial charge is 0.395 e. The second kappa shape index (κ2) is 4.71. The van der Waals surface area contributed by atoms with Gasteiger partial charge in [-0.25, -0.2) is 18.1 Å². The summed E-state index contributed by atoms with van der Waals surface area (Å²) < 4.78 is 25.3. The molecule has 86 valence electrons. The number of nitrogens with zero attached hydrogens (tertiary/aromatic N) is 1. The van der Waals surface area contributed by atoms with Crippen molar-refractivity contribution < 1.29 is 18.6 Å². The molecule has 0 aliphatic carbocycles. The SMILES string of the molecule is Cc1ncc(S(=O)(=O)NC(CO)CO)[nH]1. The predicted octanol–water partition coefficient (Wildman–Crippen LogP) is -1.65. The van der Waals surface area contributed by atoms with Crippen molar-refractivity contribution in [2.75, 3.05) is 13.2 Å². The average Bonchev–Trinajstić information content (AvgIpc) is 2.62. The molecule has 15 heavy (non-hydrogen) atoms. The van der Waals surface area contributed by atoms with Crippen LogP contribution in [0.5, 0.6) is 0 Å². The number of aliphatic hydroxyl groups excluding tert-OH is 2. The van der Waals surface area contributed by atoms with Gasteiger partial charge in [0.05, 0.1) is 25.5 Å². The van der Waals surface area contributed by atoms with Gasteiger partial charge < -0.3 is 15.2 Å². The van der Waals surface area contributed by atoms with E-state index in [0.29, 0.717) is 5.82 Å². The minimum Gasteiger partial charge on any atom is -0.395 e. The minimum absolute atomic E-state index is 0.0908. The van der Waals surface area contributed by atoms with Crippen molar-refractivity contribution in [3.63, 3.8) is 0 Å². The molecule has 0 aromatic carbocycles. The number of aromatic nitrogens is 2. The highest BCUT2D eigenvalue weighted by molar-refractivity contribution is 7.89. The Bertz CT molecular complexity index is 410. The van der Waals surface area contributed by atoms with Gasteiger partial charge in [-0.2, -0.15) is 0 Å². The van der Waals surface area contributed by atoms with E-state index in [1.165, 1.54) is 6.20 Å². The highest BCUT2D eigenvalue weighted by atomic mass is 32.2. The van der Waals surface area contributed by atoms with Gasteiger partial charge in [-0.1, -0.05) is 0 Å². The predicted molar refractivity (Wildman–Crippen MR) is 51.6 cm³/mol. The van der Waals surface area contributed by atoms with Crippen molar-refractivity contribution in [3.8, 4) is 0 Å². The van der Waals surface area contributed by atoms with Gasteiger partial charge >= 0.3 is 0 Å². The summed E-state index contributed by atoms with van der Waals surface area (Å²) in [5.41, 5.74) is 0. The lowest BCUT2D eigenvalue weighted by atomic mass is 10.4. The van der Waals surface area contributed by atoms with E-state index in [1.54, 1.807) is 6.92 Å². The van der Waals surface area contributed by atoms with Crippen molar-refractivity contribution in [2.24, 2.45) is 0 Å². The molecule has 0 radical (unpaired) electrons. The molecule has 1 rings (SSSR count). The van der Waals surface area contributed by atoms with Crippen molar-refractivity contribution in [1.29, 1.82) is 0 Å². The Morgan fingerprint density at radius 2 is 2.13 bits per heavy atom. The molecule has 8 heteroatoms. The third-order valence-electron chi connectivity index (χ3n) is 1.73. The standard InChI is InChI=1S/C7H13N3O4S/c1-5-8-2-7(9-5)15(13,14)10-6(3-11)4-12/h2,6,10-12H,3-4H2,1H3,(H,8,9). The number of rotatable bonds is 5. The smallest absolute Gasteiger partial charge is 0.258 e. The van der Waals surface area contributed by atoms with Crippen LogP contribution in [0.2, 0.25) is 0 Å². The van der Waals surface area contributed by atoms with Crippen LogP contribution in [0.1, 0.15) is 5.82 Å². The number of aryl methyl sites for hydroxylation is 1. The van der Waals surface area contributed by atoms with E-state index in [9.17, 15) is 8.42 Å². The molecule has 0 spiro atoms. The Kier molecular flexibility index (Phi) is 3.80. The number of H-pyrrole nitrogens is 1. The molecule has 1 heterocycles. The summed E-state index contributed by atoms with van der Waals surface area (Å²) in [5, 5.41) is 17.4. The molecule has 0 saturated heterocycles. The van der Waals surface area contributed by atoms with Gasteiger partial charge in [0, 0.05) is 0 Å². The molecule has 1 aromatic rings. The Morgan fingerprint density at radius 1 is 1.53 bits per heavy atom. The molecule has 4 N–H and O–H groups in total. The number of imidazole rings is 1. The summed E-state index contributed by atoms with van der Waals surface area (Å²) in [4.78, 5) is 6.29. The Balaban J connectivity index is 2.84. The monoisotopic (exact) mass is 235 g/mol. The fourth-order valence-electron chi connectivity index (χ4n) is 0.950. The molecular formula is C7H13N3O4S. The highest BCUT2D eigenvalue weighted by Crippen LogP contribution is 2.05. The molecule has 0 aliphatic rings. The maximum atomic E-state index is 11.6. The van der Waals surface area contributed by atoms with E-state index < -0.39 is 29.3 Å². The average molecular weight is 235 g/mol. The van der Waals surface area contributed by atoms with Gasteiger partial charge in [0.2, 0.25) is 0 Å². The summed E-state index contributed by atoms with van der Waals surface area (Å²) in [7, 11) is -3.75. The topological polar surface area (TPSA) is 115 Å². The Labute approximate surface area is 87.2 Å². The van der Waals surface area contributed by atoms with Crippen LogP contribution in [-0.4, -0.2) is 47.9 Å². The first-order chi connectivity index (χ1) is 6.99. The van der Waals surface area contributed by atoms with E-state index in [0.717, 1.165) is 0 Å². The normalized spacial score (nSPS) is 12.3. The number of aromatic amines is 1. The second-order valence-corrected chi connectivity index (χ2v) is 4.70. The summed E-state index contributed by atoms with van der Waals surface area (Å²) in [6.07, 6.45) is 1.17. The molecule has 0 atom stereocenters. The van der Waals surface area contributed by atoms with Crippen LogP contribution in [0, 0.1) is 6.92 Å². The molecule has 0 bridgehead atoms. The van der Waals surface area contributed by atoms with Gasteiger partial charge in [-0.05, 0) is 6.92 Å². The van der Waals surface area contributed by atoms with Crippen molar-refractivity contribution in [2.45, 2.75) is 18.0 Å². The van der Waals surface area contributed by atoms with E-state index >= 15 is 0 Å². The molecule has 0 aliphatic heterocycles. The zero-order chi connectivity index (χ0) is 11.5. The molecule has 1 aromatic heterocycles. The van der Waals surface area contributed by atoms with Crippen LogP contribution in [0.15, 0.2) is 11.2 Å². The molecule has 7 nitrogen and oxygen atoms in total. The Hall–Kier alpha value is -0.960. The number of hydrogen-bond donors (Lipinski definition) is 4. The second-order valence-electron chi connectivity index (χ2n) is 3.02. The maximum Gasteiger partial charge on any atom is 0.258 e.